The first kappa shape index (κ1) is 21.3. The Hall–Kier alpha value is -3.51. The van der Waals surface area contributed by atoms with Crippen molar-refractivity contribution in [1.29, 1.82) is 0 Å². The molecule has 0 bridgehead atoms. The fourth-order valence-electron chi connectivity index (χ4n) is 4.26. The molecular formula is C27H25N3O2S. The lowest BCUT2D eigenvalue weighted by molar-refractivity contribution is 0.0930. The van der Waals surface area contributed by atoms with Crippen LogP contribution in [0, 0.1) is 0 Å². The molecule has 1 N–H and O–H groups in total. The van der Waals surface area contributed by atoms with Crippen molar-refractivity contribution in [3.8, 4) is 10.8 Å². The van der Waals surface area contributed by atoms with E-state index in [0.717, 1.165) is 46.7 Å². The van der Waals surface area contributed by atoms with E-state index in [2.05, 4.69) is 34.3 Å². The summed E-state index contributed by atoms with van der Waals surface area (Å²) in [6.07, 6.45) is 8.95. The number of nitrogens with zero attached hydrogens (tertiary/aromatic N) is 2. The van der Waals surface area contributed by atoms with Crippen molar-refractivity contribution in [2.75, 3.05) is 0 Å². The Labute approximate surface area is 197 Å². The Kier molecular flexibility index (Phi) is 6.17. The number of carbonyl (C=O) groups excluding carboxylic acids is 1. The number of hydrogen-bond acceptors (Lipinski definition) is 5. The Morgan fingerprint density at radius 2 is 1.85 bits per heavy atom. The molecular weight excluding hydrogens is 430 g/mol. The zero-order valence-corrected chi connectivity index (χ0v) is 19.3. The van der Waals surface area contributed by atoms with Crippen LogP contribution in [0.1, 0.15) is 48.5 Å². The molecule has 1 aliphatic carbocycles. The van der Waals surface area contributed by atoms with Gasteiger partial charge in [0.2, 0.25) is 0 Å². The number of amides is 1. The summed E-state index contributed by atoms with van der Waals surface area (Å²) in [6.45, 7) is 2.19. The number of aromatic nitrogens is 2. The predicted octanol–water partition coefficient (Wildman–Crippen LogP) is 6.63. The van der Waals surface area contributed by atoms with Gasteiger partial charge in [0.15, 0.2) is 5.06 Å². The maximum atomic E-state index is 12.4. The van der Waals surface area contributed by atoms with Crippen molar-refractivity contribution >= 4 is 33.0 Å². The first-order valence-electron chi connectivity index (χ1n) is 11.2. The van der Waals surface area contributed by atoms with E-state index in [1.165, 1.54) is 16.7 Å². The smallest absolute Gasteiger partial charge is 0.253 e. The van der Waals surface area contributed by atoms with Crippen molar-refractivity contribution in [2.24, 2.45) is 0 Å². The molecule has 166 valence electrons. The number of nitrogens with one attached hydrogen (secondary N) is 1. The maximum absolute atomic E-state index is 12.4. The highest BCUT2D eigenvalue weighted by Gasteiger charge is 2.21. The maximum Gasteiger partial charge on any atom is 0.253 e. The standard InChI is InChI=1S/C27H25N3O2S/c1-18(19-9-11-23(12-10-19)30-26(31)22-7-3-13-28-17-22)20-5-2-8-24(15-20)32-25-16-21-6-4-14-29-27(21)33-25/h2-8,13-17,23H,9-12H2,1H3,(H,30,31). The van der Waals surface area contributed by atoms with Crippen LogP contribution in [0.2, 0.25) is 0 Å². The summed E-state index contributed by atoms with van der Waals surface area (Å²) in [6, 6.07) is 18.1. The van der Waals surface area contributed by atoms with E-state index >= 15 is 0 Å². The van der Waals surface area contributed by atoms with Gasteiger partial charge in [-0.25, -0.2) is 4.98 Å². The highest BCUT2D eigenvalue weighted by Crippen LogP contribution is 2.36. The highest BCUT2D eigenvalue weighted by molar-refractivity contribution is 7.20. The summed E-state index contributed by atoms with van der Waals surface area (Å²) in [5.74, 6) is 0.787. The van der Waals surface area contributed by atoms with E-state index in [1.54, 1.807) is 42.1 Å². The van der Waals surface area contributed by atoms with Crippen molar-refractivity contribution in [3.05, 3.63) is 89.9 Å². The monoisotopic (exact) mass is 455 g/mol. The summed E-state index contributed by atoms with van der Waals surface area (Å²) in [5, 5.41) is 5.10. The molecule has 1 fully saturated rings. The molecule has 4 aromatic rings. The second-order valence-corrected chi connectivity index (χ2v) is 9.30. The Morgan fingerprint density at radius 3 is 2.64 bits per heavy atom. The number of allylic oxidation sites excluding steroid dienone is 2. The van der Waals surface area contributed by atoms with E-state index in [-0.39, 0.29) is 11.9 Å². The quantitative estimate of drug-likeness (QED) is 0.367. The largest absolute Gasteiger partial charge is 0.447 e. The number of pyridine rings is 2. The number of ether oxygens (including phenoxy) is 1. The third-order valence-corrected chi connectivity index (χ3v) is 7.07. The minimum Gasteiger partial charge on any atom is -0.447 e. The lowest BCUT2D eigenvalue weighted by atomic mass is 9.86. The van der Waals surface area contributed by atoms with Gasteiger partial charge in [-0.05, 0) is 74.1 Å². The molecule has 0 radical (unpaired) electrons. The molecule has 1 aliphatic rings. The van der Waals surface area contributed by atoms with Crippen LogP contribution in [0.3, 0.4) is 0 Å². The molecule has 1 amide bonds. The molecule has 1 saturated carbocycles. The van der Waals surface area contributed by atoms with Gasteiger partial charge in [-0.15, -0.1) is 0 Å². The third kappa shape index (κ3) is 4.96. The van der Waals surface area contributed by atoms with Gasteiger partial charge in [0, 0.05) is 36.1 Å². The summed E-state index contributed by atoms with van der Waals surface area (Å²) < 4.78 is 6.15. The van der Waals surface area contributed by atoms with Crippen LogP contribution >= 0.6 is 11.3 Å². The molecule has 0 unspecified atom stereocenters. The van der Waals surface area contributed by atoms with Crippen LogP contribution in [-0.4, -0.2) is 21.9 Å². The minimum atomic E-state index is -0.0430. The van der Waals surface area contributed by atoms with Gasteiger partial charge in [0.25, 0.3) is 5.91 Å². The van der Waals surface area contributed by atoms with Crippen molar-refractivity contribution in [3.63, 3.8) is 0 Å². The van der Waals surface area contributed by atoms with Crippen molar-refractivity contribution in [2.45, 2.75) is 38.6 Å². The van der Waals surface area contributed by atoms with Gasteiger partial charge < -0.3 is 10.1 Å². The normalized spacial score (nSPS) is 15.9. The van der Waals surface area contributed by atoms with E-state index in [9.17, 15) is 4.79 Å². The van der Waals surface area contributed by atoms with Gasteiger partial charge in [0.1, 0.15) is 10.6 Å². The first-order chi connectivity index (χ1) is 16.2. The van der Waals surface area contributed by atoms with Gasteiger partial charge in [0.05, 0.1) is 5.56 Å². The Morgan fingerprint density at radius 1 is 1.03 bits per heavy atom. The summed E-state index contributed by atoms with van der Waals surface area (Å²) in [4.78, 5) is 21.8. The average molecular weight is 456 g/mol. The lowest BCUT2D eigenvalue weighted by Gasteiger charge is -2.26. The van der Waals surface area contributed by atoms with Crippen LogP contribution in [-0.2, 0) is 0 Å². The van der Waals surface area contributed by atoms with E-state index in [1.807, 2.05) is 30.3 Å². The zero-order valence-electron chi connectivity index (χ0n) is 18.5. The minimum absolute atomic E-state index is 0.0430. The topological polar surface area (TPSA) is 64.1 Å². The van der Waals surface area contributed by atoms with Crippen LogP contribution in [0.4, 0.5) is 0 Å². The second kappa shape index (κ2) is 9.55. The van der Waals surface area contributed by atoms with Gasteiger partial charge in [-0.3, -0.25) is 9.78 Å². The summed E-state index contributed by atoms with van der Waals surface area (Å²) >= 11 is 1.55. The molecule has 0 aliphatic heterocycles. The number of hydrogen-bond donors (Lipinski definition) is 1. The summed E-state index contributed by atoms with van der Waals surface area (Å²) in [5.41, 5.74) is 4.54. The SMILES string of the molecule is CC(=C1CCC(NC(=O)c2cccnc2)CC1)c1cccc(Oc2cc3cccnc3s2)c1. The van der Waals surface area contributed by atoms with Crippen LogP contribution in [0.25, 0.3) is 15.8 Å². The zero-order chi connectivity index (χ0) is 22.6. The Balaban J connectivity index is 1.24. The fraction of sp³-hybridized carbons (Fsp3) is 0.222. The molecule has 6 heteroatoms. The third-order valence-electron chi connectivity index (χ3n) is 6.14. The number of fused-ring (bicyclic) bond motifs is 1. The molecule has 33 heavy (non-hydrogen) atoms. The Bertz CT molecular complexity index is 1270. The van der Waals surface area contributed by atoms with Gasteiger partial charge in [-0.1, -0.05) is 35.1 Å². The molecule has 1 aromatic carbocycles. The second-order valence-electron chi connectivity index (χ2n) is 8.31. The van der Waals surface area contributed by atoms with Crippen molar-refractivity contribution < 1.29 is 9.53 Å². The molecule has 3 aromatic heterocycles. The number of benzene rings is 1. The molecule has 0 spiro atoms. The molecule has 5 rings (SSSR count). The fourth-order valence-corrected chi connectivity index (χ4v) is 5.14. The van der Waals surface area contributed by atoms with Crippen LogP contribution in [0.15, 0.2) is 78.8 Å². The van der Waals surface area contributed by atoms with Gasteiger partial charge >= 0.3 is 0 Å². The van der Waals surface area contributed by atoms with E-state index in [4.69, 9.17) is 4.74 Å². The van der Waals surface area contributed by atoms with Crippen LogP contribution in [0.5, 0.6) is 10.8 Å². The van der Waals surface area contributed by atoms with Crippen molar-refractivity contribution in [1.82, 2.24) is 15.3 Å². The molecule has 0 atom stereocenters. The van der Waals surface area contributed by atoms with E-state index < -0.39 is 0 Å². The van der Waals surface area contributed by atoms with Crippen LogP contribution < -0.4 is 10.1 Å². The molecule has 3 heterocycles. The summed E-state index contributed by atoms with van der Waals surface area (Å²) in [7, 11) is 0. The highest BCUT2D eigenvalue weighted by atomic mass is 32.1. The first-order valence-corrected chi connectivity index (χ1v) is 12.0. The molecule has 5 nitrogen and oxygen atoms in total. The number of carbonyl (C=O) groups is 1. The lowest BCUT2D eigenvalue weighted by Crippen LogP contribution is -2.36. The van der Waals surface area contributed by atoms with E-state index in [0.29, 0.717) is 5.56 Å². The van der Waals surface area contributed by atoms with Gasteiger partial charge in [-0.2, -0.15) is 0 Å². The number of rotatable bonds is 5. The molecule has 0 saturated heterocycles. The predicted molar refractivity (Wildman–Crippen MR) is 133 cm³/mol. The average Bonchev–Trinajstić information content (AvgIpc) is 3.27. The number of thiophene rings is 1.